The van der Waals surface area contributed by atoms with E-state index in [4.69, 9.17) is 0 Å². The molecule has 2 nitrogen and oxygen atoms in total. The first kappa shape index (κ1) is 15.0. The molecule has 0 aliphatic rings. The number of benzene rings is 2. The molecule has 7 heteroatoms. The number of amides is 1. The fraction of sp³-hybridized carbons (Fsp3) is 0.0714. The van der Waals surface area contributed by atoms with Gasteiger partial charge in [-0.25, -0.2) is 8.78 Å². The second-order valence-electron chi connectivity index (χ2n) is 4.19. The topological polar surface area (TPSA) is 29.1 Å². The van der Waals surface area contributed by atoms with Gasteiger partial charge in [-0.05, 0) is 36.4 Å². The number of alkyl halides is 3. The van der Waals surface area contributed by atoms with Crippen LogP contribution in [0.2, 0.25) is 0 Å². The molecular weight excluding hydrogens is 293 g/mol. The quantitative estimate of drug-likeness (QED) is 0.826. The minimum atomic E-state index is -4.48. The molecule has 0 aliphatic heterocycles. The third kappa shape index (κ3) is 3.77. The van der Waals surface area contributed by atoms with Crippen LogP contribution in [0.3, 0.4) is 0 Å². The average molecular weight is 301 g/mol. The van der Waals surface area contributed by atoms with Crippen LogP contribution in [0, 0.1) is 11.6 Å². The van der Waals surface area contributed by atoms with E-state index in [1.54, 1.807) is 0 Å². The highest BCUT2D eigenvalue weighted by atomic mass is 19.4. The van der Waals surface area contributed by atoms with Gasteiger partial charge in [-0.15, -0.1) is 0 Å². The van der Waals surface area contributed by atoms with Crippen LogP contribution in [0.15, 0.2) is 42.5 Å². The molecule has 0 saturated carbocycles. The Kier molecular flexibility index (Phi) is 3.93. The van der Waals surface area contributed by atoms with Gasteiger partial charge >= 0.3 is 6.18 Å². The van der Waals surface area contributed by atoms with E-state index in [9.17, 15) is 26.7 Å². The second-order valence-corrected chi connectivity index (χ2v) is 4.19. The molecule has 0 aromatic heterocycles. The summed E-state index contributed by atoms with van der Waals surface area (Å²) in [4.78, 5) is 11.7. The lowest BCUT2D eigenvalue weighted by Gasteiger charge is -2.09. The van der Waals surface area contributed by atoms with Gasteiger partial charge in [0.2, 0.25) is 0 Å². The number of carbonyl (C=O) groups excluding carboxylic acids is 1. The maximum Gasteiger partial charge on any atom is 0.416 e. The number of halogens is 5. The predicted molar refractivity (Wildman–Crippen MR) is 65.8 cm³/mol. The summed E-state index contributed by atoms with van der Waals surface area (Å²) in [5, 5.41) is 2.25. The van der Waals surface area contributed by atoms with E-state index in [1.807, 2.05) is 0 Å². The van der Waals surface area contributed by atoms with Crippen molar-refractivity contribution in [2.75, 3.05) is 5.32 Å². The maximum atomic E-state index is 13.0. The Balaban J connectivity index is 2.16. The minimum absolute atomic E-state index is 0.0812. The molecule has 0 aliphatic carbocycles. The summed E-state index contributed by atoms with van der Waals surface area (Å²) in [5.41, 5.74) is -1.05. The molecule has 110 valence electrons. The fourth-order valence-electron chi connectivity index (χ4n) is 1.63. The SMILES string of the molecule is O=C(Nc1ccc(C(F)(F)F)cc1)c1cc(F)cc(F)c1. The van der Waals surface area contributed by atoms with Crippen LogP contribution >= 0.6 is 0 Å². The third-order valence-corrected chi connectivity index (χ3v) is 2.59. The molecule has 2 aromatic carbocycles. The molecule has 2 rings (SSSR count). The highest BCUT2D eigenvalue weighted by Crippen LogP contribution is 2.29. The van der Waals surface area contributed by atoms with Crippen LogP contribution in [0.1, 0.15) is 15.9 Å². The van der Waals surface area contributed by atoms with Crippen LogP contribution in [0.25, 0.3) is 0 Å². The van der Waals surface area contributed by atoms with Crippen molar-refractivity contribution in [3.05, 3.63) is 65.2 Å². The Hall–Kier alpha value is -2.44. The first-order valence-corrected chi connectivity index (χ1v) is 5.70. The van der Waals surface area contributed by atoms with E-state index >= 15 is 0 Å². The Morgan fingerprint density at radius 1 is 0.905 bits per heavy atom. The van der Waals surface area contributed by atoms with E-state index in [2.05, 4.69) is 5.32 Å². The maximum absolute atomic E-state index is 13.0. The normalized spacial score (nSPS) is 11.3. The first-order chi connectivity index (χ1) is 9.75. The zero-order valence-corrected chi connectivity index (χ0v) is 10.3. The molecule has 0 spiro atoms. The molecule has 0 fully saturated rings. The molecule has 21 heavy (non-hydrogen) atoms. The van der Waals surface area contributed by atoms with Crippen molar-refractivity contribution in [3.8, 4) is 0 Å². The number of nitrogens with one attached hydrogen (secondary N) is 1. The first-order valence-electron chi connectivity index (χ1n) is 5.70. The summed E-state index contributed by atoms with van der Waals surface area (Å²) >= 11 is 0. The van der Waals surface area contributed by atoms with Gasteiger partial charge in [-0.1, -0.05) is 0 Å². The van der Waals surface area contributed by atoms with E-state index in [0.29, 0.717) is 6.07 Å². The lowest BCUT2D eigenvalue weighted by atomic mass is 10.1. The van der Waals surface area contributed by atoms with Crippen molar-refractivity contribution in [1.82, 2.24) is 0 Å². The van der Waals surface area contributed by atoms with E-state index in [1.165, 1.54) is 0 Å². The highest BCUT2D eigenvalue weighted by Gasteiger charge is 2.30. The molecule has 2 aromatic rings. The van der Waals surface area contributed by atoms with Crippen molar-refractivity contribution in [1.29, 1.82) is 0 Å². The Labute approximate surface area is 116 Å². The third-order valence-electron chi connectivity index (χ3n) is 2.59. The smallest absolute Gasteiger partial charge is 0.322 e. The van der Waals surface area contributed by atoms with Gasteiger partial charge in [0, 0.05) is 17.3 Å². The van der Waals surface area contributed by atoms with Crippen molar-refractivity contribution in [2.24, 2.45) is 0 Å². The Morgan fingerprint density at radius 3 is 1.90 bits per heavy atom. The highest BCUT2D eigenvalue weighted by molar-refractivity contribution is 6.04. The average Bonchev–Trinajstić information content (AvgIpc) is 2.37. The summed E-state index contributed by atoms with van der Waals surface area (Å²) in [6.45, 7) is 0. The summed E-state index contributed by atoms with van der Waals surface area (Å²) in [5.74, 6) is -2.67. The number of hydrogen-bond acceptors (Lipinski definition) is 1. The molecule has 0 saturated heterocycles. The second kappa shape index (κ2) is 5.51. The van der Waals surface area contributed by atoms with E-state index < -0.39 is 29.3 Å². The summed E-state index contributed by atoms with van der Waals surface area (Å²) in [7, 11) is 0. The molecule has 0 unspecified atom stereocenters. The van der Waals surface area contributed by atoms with Crippen LogP contribution in [0.4, 0.5) is 27.6 Å². The van der Waals surface area contributed by atoms with E-state index in [0.717, 1.165) is 36.4 Å². The van der Waals surface area contributed by atoms with Crippen molar-refractivity contribution < 1.29 is 26.7 Å². The number of hydrogen-bond donors (Lipinski definition) is 1. The van der Waals surface area contributed by atoms with Gasteiger partial charge in [0.15, 0.2) is 0 Å². The lowest BCUT2D eigenvalue weighted by Crippen LogP contribution is -2.13. The van der Waals surface area contributed by atoms with Crippen molar-refractivity contribution >= 4 is 11.6 Å². The minimum Gasteiger partial charge on any atom is -0.322 e. The summed E-state index contributed by atoms with van der Waals surface area (Å²) in [6.07, 6.45) is -4.48. The molecule has 0 radical (unpaired) electrons. The van der Waals surface area contributed by atoms with Crippen molar-refractivity contribution in [3.63, 3.8) is 0 Å². The predicted octanol–water partition coefficient (Wildman–Crippen LogP) is 4.24. The van der Waals surface area contributed by atoms with Gasteiger partial charge in [-0.3, -0.25) is 4.79 Å². The van der Waals surface area contributed by atoms with E-state index in [-0.39, 0.29) is 11.3 Å². The Bertz CT molecular complexity index is 644. The van der Waals surface area contributed by atoms with Gasteiger partial charge in [0.05, 0.1) is 5.56 Å². The van der Waals surface area contributed by atoms with Gasteiger partial charge in [0.25, 0.3) is 5.91 Å². The van der Waals surface area contributed by atoms with Gasteiger partial charge < -0.3 is 5.32 Å². The molecule has 1 N–H and O–H groups in total. The molecule has 1 amide bonds. The fourth-order valence-corrected chi connectivity index (χ4v) is 1.63. The van der Waals surface area contributed by atoms with Gasteiger partial charge in [0.1, 0.15) is 11.6 Å². The van der Waals surface area contributed by atoms with Gasteiger partial charge in [-0.2, -0.15) is 13.2 Å². The van der Waals surface area contributed by atoms with Crippen LogP contribution < -0.4 is 5.32 Å². The van der Waals surface area contributed by atoms with Crippen LogP contribution in [-0.4, -0.2) is 5.91 Å². The summed E-state index contributed by atoms with van der Waals surface area (Å²) < 4.78 is 63.0. The molecule has 0 bridgehead atoms. The molecule has 0 atom stereocenters. The summed E-state index contributed by atoms with van der Waals surface area (Å²) in [6, 6.07) is 5.94. The standard InChI is InChI=1S/C14H8F5NO/c15-10-5-8(6-11(16)7-10)13(21)20-12-3-1-9(2-4-12)14(17,18)19/h1-7H,(H,20,21). The lowest BCUT2D eigenvalue weighted by molar-refractivity contribution is -0.137. The zero-order chi connectivity index (χ0) is 15.6. The number of rotatable bonds is 2. The molecular formula is C14H8F5NO. The largest absolute Gasteiger partial charge is 0.416 e. The van der Waals surface area contributed by atoms with Crippen LogP contribution in [-0.2, 0) is 6.18 Å². The monoisotopic (exact) mass is 301 g/mol. The number of carbonyl (C=O) groups is 1. The Morgan fingerprint density at radius 2 is 1.43 bits per heavy atom. The molecule has 0 heterocycles. The van der Waals surface area contributed by atoms with Crippen LogP contribution in [0.5, 0.6) is 0 Å². The van der Waals surface area contributed by atoms with Crippen molar-refractivity contribution in [2.45, 2.75) is 6.18 Å². The zero-order valence-electron chi connectivity index (χ0n) is 10.3. The number of anilines is 1.